The summed E-state index contributed by atoms with van der Waals surface area (Å²) in [5.74, 6) is 0.921. The molecule has 3 rings (SSSR count). The van der Waals surface area contributed by atoms with Gasteiger partial charge in [0, 0.05) is 19.3 Å². The van der Waals surface area contributed by atoms with Crippen LogP contribution in [0.3, 0.4) is 0 Å². The van der Waals surface area contributed by atoms with Crippen LogP contribution in [0.5, 0.6) is 0 Å². The van der Waals surface area contributed by atoms with Crippen LogP contribution < -0.4 is 17.3 Å². The molecule has 0 aliphatic carbocycles. The van der Waals surface area contributed by atoms with Gasteiger partial charge < -0.3 is 17.3 Å². The molecule has 0 amide bonds. The second-order valence-electron chi connectivity index (χ2n) is 4.77. The average Bonchev–Trinajstić information content (AvgIpc) is 2.08. The van der Waals surface area contributed by atoms with E-state index in [1.54, 1.807) is 0 Å². The monoisotopic (exact) mass is 189 g/mol. The van der Waals surface area contributed by atoms with E-state index in [0.29, 0.717) is 0 Å². The molecule has 72 valence electrons. The van der Waals surface area contributed by atoms with Gasteiger partial charge in [0.2, 0.25) is 0 Å². The highest BCUT2D eigenvalue weighted by Gasteiger charge is 2.43. The topological polar surface area (TPSA) is 4.44 Å². The maximum Gasteiger partial charge on any atom is 0.0776 e. The van der Waals surface area contributed by atoms with E-state index >= 15 is 0 Å². The van der Waals surface area contributed by atoms with Crippen LogP contribution in [0.4, 0.5) is 0 Å². The van der Waals surface area contributed by atoms with Crippen molar-refractivity contribution in [3.05, 3.63) is 0 Å². The van der Waals surface area contributed by atoms with E-state index in [2.05, 4.69) is 13.8 Å². The summed E-state index contributed by atoms with van der Waals surface area (Å²) in [6.07, 6.45) is 4.50. The van der Waals surface area contributed by atoms with Crippen LogP contribution in [0, 0.1) is 11.3 Å². The number of halogens is 1. The van der Waals surface area contributed by atoms with Crippen molar-refractivity contribution >= 4 is 0 Å². The van der Waals surface area contributed by atoms with E-state index in [4.69, 9.17) is 0 Å². The lowest BCUT2D eigenvalue weighted by molar-refractivity contribution is -0.920. The molecule has 12 heavy (non-hydrogen) atoms. The zero-order valence-corrected chi connectivity index (χ0v) is 8.95. The SMILES string of the molecule is CC(C)C12CC[NH+](CC1)CC2.[Cl-]. The summed E-state index contributed by atoms with van der Waals surface area (Å²) in [6, 6.07) is 0. The van der Waals surface area contributed by atoms with Crippen LogP contribution in [-0.2, 0) is 0 Å². The summed E-state index contributed by atoms with van der Waals surface area (Å²) in [7, 11) is 0. The highest BCUT2D eigenvalue weighted by molar-refractivity contribution is 4.86. The second-order valence-corrected chi connectivity index (χ2v) is 4.77. The summed E-state index contributed by atoms with van der Waals surface area (Å²) in [5, 5.41) is 0. The zero-order chi connectivity index (χ0) is 7.90. The predicted octanol–water partition coefficient (Wildman–Crippen LogP) is -2.28. The number of fused-ring (bicyclic) bond motifs is 3. The van der Waals surface area contributed by atoms with Crippen LogP contribution in [0.15, 0.2) is 0 Å². The Labute approximate surface area is 81.9 Å². The van der Waals surface area contributed by atoms with Crippen LogP contribution in [0.2, 0.25) is 0 Å². The highest BCUT2D eigenvalue weighted by Crippen LogP contribution is 2.40. The van der Waals surface area contributed by atoms with Gasteiger partial charge in [0.15, 0.2) is 0 Å². The maximum absolute atomic E-state index is 2.41. The normalized spacial score (nSPS) is 39.8. The Morgan fingerprint density at radius 2 is 1.42 bits per heavy atom. The van der Waals surface area contributed by atoms with Crippen LogP contribution in [0.1, 0.15) is 33.1 Å². The van der Waals surface area contributed by atoms with Crippen molar-refractivity contribution in [3.8, 4) is 0 Å². The summed E-state index contributed by atoms with van der Waals surface area (Å²) < 4.78 is 0. The third-order valence-electron chi connectivity index (χ3n) is 4.15. The van der Waals surface area contributed by atoms with E-state index in [1.807, 2.05) is 4.90 Å². The van der Waals surface area contributed by atoms with Crippen LogP contribution >= 0.6 is 0 Å². The standard InChI is InChI=1S/C10H19N.ClH/c1-9(2)10-3-6-11(7-4-10)8-5-10;/h9H,3-8H2,1-2H3;1H. The molecule has 3 aliphatic heterocycles. The first-order valence-electron chi connectivity index (χ1n) is 5.06. The van der Waals surface area contributed by atoms with Crippen molar-refractivity contribution in [3.63, 3.8) is 0 Å². The number of nitrogens with one attached hydrogen (secondary N) is 1. The van der Waals surface area contributed by atoms with Crippen molar-refractivity contribution in [2.45, 2.75) is 33.1 Å². The molecular weight excluding hydrogens is 170 g/mol. The predicted molar refractivity (Wildman–Crippen MR) is 46.7 cm³/mol. The molecule has 3 saturated heterocycles. The van der Waals surface area contributed by atoms with Crippen LogP contribution in [0.25, 0.3) is 0 Å². The number of rotatable bonds is 1. The van der Waals surface area contributed by atoms with Gasteiger partial charge in [-0.2, -0.15) is 0 Å². The molecular formula is C10H20ClN. The Morgan fingerprint density at radius 1 is 1.00 bits per heavy atom. The molecule has 3 aliphatic rings. The van der Waals surface area contributed by atoms with Gasteiger partial charge in [-0.25, -0.2) is 0 Å². The quantitative estimate of drug-likeness (QED) is 0.474. The fourth-order valence-electron chi connectivity index (χ4n) is 2.89. The molecule has 1 nitrogen and oxygen atoms in total. The van der Waals surface area contributed by atoms with Crippen molar-refractivity contribution < 1.29 is 17.3 Å². The van der Waals surface area contributed by atoms with Crippen molar-refractivity contribution in [2.75, 3.05) is 19.6 Å². The molecule has 0 atom stereocenters. The molecule has 0 aromatic carbocycles. The molecule has 0 saturated carbocycles. The summed E-state index contributed by atoms with van der Waals surface area (Å²) in [4.78, 5) is 1.87. The smallest absolute Gasteiger partial charge is 0.0776 e. The first-order chi connectivity index (χ1) is 5.23. The first kappa shape index (κ1) is 10.3. The van der Waals surface area contributed by atoms with Gasteiger partial charge in [0.05, 0.1) is 19.6 Å². The van der Waals surface area contributed by atoms with Gasteiger partial charge >= 0.3 is 0 Å². The number of hydrogen-bond donors (Lipinski definition) is 1. The number of quaternary nitrogens is 1. The Hall–Kier alpha value is 0.250. The molecule has 2 heteroatoms. The molecule has 0 unspecified atom stereocenters. The molecule has 1 N–H and O–H groups in total. The van der Waals surface area contributed by atoms with Gasteiger partial charge in [-0.3, -0.25) is 0 Å². The summed E-state index contributed by atoms with van der Waals surface area (Å²) >= 11 is 0. The minimum absolute atomic E-state index is 0. The summed E-state index contributed by atoms with van der Waals surface area (Å²) in [5.41, 5.74) is 0.766. The van der Waals surface area contributed by atoms with Gasteiger partial charge in [0.1, 0.15) is 0 Å². The Kier molecular flexibility index (Phi) is 3.06. The lowest BCUT2D eigenvalue weighted by Gasteiger charge is -2.48. The molecule has 0 radical (unpaired) electrons. The van der Waals surface area contributed by atoms with Crippen molar-refractivity contribution in [2.24, 2.45) is 11.3 Å². The van der Waals surface area contributed by atoms with Crippen molar-refractivity contribution in [1.29, 1.82) is 0 Å². The van der Waals surface area contributed by atoms with Crippen LogP contribution in [-0.4, -0.2) is 19.6 Å². The number of piperidine rings is 3. The fourth-order valence-corrected chi connectivity index (χ4v) is 2.89. The van der Waals surface area contributed by atoms with Gasteiger partial charge in [-0.15, -0.1) is 0 Å². The fraction of sp³-hybridized carbons (Fsp3) is 1.00. The zero-order valence-electron chi connectivity index (χ0n) is 8.20. The average molecular weight is 190 g/mol. The second kappa shape index (κ2) is 3.55. The lowest BCUT2D eigenvalue weighted by Crippen LogP contribution is -3.15. The maximum atomic E-state index is 2.41. The molecule has 0 aromatic rings. The van der Waals surface area contributed by atoms with Gasteiger partial charge in [-0.05, 0) is 11.3 Å². The Balaban J connectivity index is 0.000000720. The molecule has 2 bridgehead atoms. The third kappa shape index (κ3) is 1.49. The van der Waals surface area contributed by atoms with E-state index in [0.717, 1.165) is 11.3 Å². The third-order valence-corrected chi connectivity index (χ3v) is 4.15. The lowest BCUT2D eigenvalue weighted by atomic mass is 9.65. The molecule has 0 aromatic heterocycles. The molecule has 0 spiro atoms. The highest BCUT2D eigenvalue weighted by atomic mass is 35.5. The van der Waals surface area contributed by atoms with E-state index in [-0.39, 0.29) is 12.4 Å². The van der Waals surface area contributed by atoms with E-state index < -0.39 is 0 Å². The Bertz CT molecular complexity index is 134. The summed E-state index contributed by atoms with van der Waals surface area (Å²) in [6.45, 7) is 9.20. The molecule has 3 heterocycles. The largest absolute Gasteiger partial charge is 1.00 e. The number of hydrogen-bond acceptors (Lipinski definition) is 0. The first-order valence-corrected chi connectivity index (χ1v) is 5.06. The minimum atomic E-state index is 0. The minimum Gasteiger partial charge on any atom is -1.00 e. The van der Waals surface area contributed by atoms with E-state index in [1.165, 1.54) is 38.9 Å². The Morgan fingerprint density at radius 3 is 1.67 bits per heavy atom. The van der Waals surface area contributed by atoms with Crippen molar-refractivity contribution in [1.82, 2.24) is 0 Å². The van der Waals surface area contributed by atoms with Gasteiger partial charge in [0.25, 0.3) is 0 Å². The van der Waals surface area contributed by atoms with Gasteiger partial charge in [-0.1, -0.05) is 13.8 Å². The van der Waals surface area contributed by atoms with E-state index in [9.17, 15) is 0 Å². The molecule has 3 fully saturated rings.